The summed E-state index contributed by atoms with van der Waals surface area (Å²) < 4.78 is 27.0. The molecule has 2 aliphatic rings. The highest BCUT2D eigenvalue weighted by Crippen LogP contribution is 2.32. The Morgan fingerprint density at radius 1 is 1.05 bits per heavy atom. The second-order valence-electron chi connectivity index (χ2n) is 5.07. The molecule has 3 rings (SSSR count). The molecule has 0 amide bonds. The van der Waals surface area contributed by atoms with Crippen LogP contribution >= 0.6 is 11.8 Å². The first-order valence-corrected chi connectivity index (χ1v) is 9.37. The number of nitrogens with zero attached hydrogens (tertiary/aromatic N) is 2. The predicted molar refractivity (Wildman–Crippen MR) is 86.0 cm³/mol. The van der Waals surface area contributed by atoms with Gasteiger partial charge in [-0.3, -0.25) is 0 Å². The van der Waals surface area contributed by atoms with Crippen LogP contribution in [0.5, 0.6) is 5.75 Å². The number of rotatable bonds is 3. The maximum absolute atomic E-state index is 12.5. The van der Waals surface area contributed by atoms with Gasteiger partial charge in [0, 0.05) is 37.6 Å². The highest BCUT2D eigenvalue weighted by molar-refractivity contribution is 8.18. The topological polar surface area (TPSA) is 60.9 Å². The van der Waals surface area contributed by atoms with Crippen LogP contribution in [0.15, 0.2) is 34.6 Å². The molecular weight excluding hydrogens is 308 g/mol. The van der Waals surface area contributed by atoms with E-state index in [1.54, 1.807) is 16.4 Å². The van der Waals surface area contributed by atoms with Crippen LogP contribution in [0.4, 0.5) is 5.69 Å². The normalized spacial score (nSPS) is 20.6. The van der Waals surface area contributed by atoms with Gasteiger partial charge in [-0.25, -0.2) is 8.42 Å². The van der Waals surface area contributed by atoms with Crippen LogP contribution in [0.25, 0.3) is 0 Å². The zero-order valence-electron chi connectivity index (χ0n) is 11.6. The molecule has 1 saturated heterocycles. The van der Waals surface area contributed by atoms with Gasteiger partial charge < -0.3 is 10.0 Å². The molecule has 0 unspecified atom stereocenters. The molecule has 1 aromatic carbocycles. The van der Waals surface area contributed by atoms with Crippen molar-refractivity contribution < 1.29 is 13.5 Å². The molecule has 0 atom stereocenters. The molecule has 2 heterocycles. The van der Waals surface area contributed by atoms with Gasteiger partial charge in [-0.2, -0.15) is 4.31 Å². The van der Waals surface area contributed by atoms with Gasteiger partial charge in [-0.05, 0) is 30.7 Å². The third-order valence-electron chi connectivity index (χ3n) is 3.72. The molecular formula is C14H18N2O3S2. The van der Waals surface area contributed by atoms with Gasteiger partial charge in [-0.1, -0.05) is 6.08 Å². The van der Waals surface area contributed by atoms with Gasteiger partial charge in [0.05, 0.1) is 0 Å². The van der Waals surface area contributed by atoms with Crippen LogP contribution < -0.4 is 4.90 Å². The molecule has 0 aromatic heterocycles. The zero-order chi connectivity index (χ0) is 14.9. The third kappa shape index (κ3) is 3.04. The smallest absolute Gasteiger partial charge is 0.248 e. The maximum atomic E-state index is 12.5. The molecule has 5 nitrogen and oxygen atoms in total. The number of phenols is 1. The Morgan fingerprint density at radius 2 is 1.71 bits per heavy atom. The number of hydrogen-bond donors (Lipinski definition) is 1. The van der Waals surface area contributed by atoms with E-state index >= 15 is 0 Å². The number of phenolic OH excluding ortho intramolecular Hbond substituents is 1. The summed E-state index contributed by atoms with van der Waals surface area (Å²) in [7, 11) is -3.28. The quantitative estimate of drug-likeness (QED) is 0.918. The first-order valence-electron chi connectivity index (χ1n) is 6.94. The Morgan fingerprint density at radius 3 is 2.29 bits per heavy atom. The average molecular weight is 326 g/mol. The van der Waals surface area contributed by atoms with Crippen molar-refractivity contribution in [1.29, 1.82) is 0 Å². The summed E-state index contributed by atoms with van der Waals surface area (Å²) in [5, 5.41) is 9.31. The van der Waals surface area contributed by atoms with E-state index < -0.39 is 10.0 Å². The lowest BCUT2D eigenvalue weighted by atomic mass is 10.2. The largest absolute Gasteiger partial charge is 0.508 e. The van der Waals surface area contributed by atoms with E-state index in [0.29, 0.717) is 30.4 Å². The third-order valence-corrected chi connectivity index (χ3v) is 7.32. The second kappa shape index (κ2) is 5.90. The SMILES string of the molecule is O=S(=O)(C1=CCCS1)N1CCN(c2ccc(O)cc2)CC1. The Balaban J connectivity index is 1.66. The number of thioether (sulfide) groups is 1. The Labute approximate surface area is 129 Å². The number of allylic oxidation sites excluding steroid dienone is 1. The van der Waals surface area contributed by atoms with E-state index in [1.165, 1.54) is 11.8 Å². The average Bonchev–Trinajstić information content (AvgIpc) is 3.03. The van der Waals surface area contributed by atoms with Crippen LogP contribution in [0, 0.1) is 0 Å². The fraction of sp³-hybridized carbons (Fsp3) is 0.429. The lowest BCUT2D eigenvalue weighted by Gasteiger charge is -2.35. The standard InChI is InChI=1S/C14H18N2O3S2/c17-13-5-3-12(4-6-13)15-7-9-16(10-8-15)21(18,19)14-2-1-11-20-14/h2-6,17H,1,7-11H2. The fourth-order valence-electron chi connectivity index (χ4n) is 2.55. The van der Waals surface area contributed by atoms with Crippen molar-refractivity contribution in [2.45, 2.75) is 6.42 Å². The number of anilines is 1. The van der Waals surface area contributed by atoms with Crippen LogP contribution in [0.2, 0.25) is 0 Å². The minimum Gasteiger partial charge on any atom is -0.508 e. The van der Waals surface area contributed by atoms with Crippen molar-refractivity contribution in [1.82, 2.24) is 4.31 Å². The van der Waals surface area contributed by atoms with Crippen LogP contribution in [-0.2, 0) is 10.0 Å². The molecule has 1 fully saturated rings. The summed E-state index contributed by atoms with van der Waals surface area (Å²) in [5.41, 5.74) is 1.01. The van der Waals surface area contributed by atoms with Gasteiger partial charge in [-0.15, -0.1) is 11.8 Å². The molecule has 2 aliphatic heterocycles. The minimum absolute atomic E-state index is 0.241. The summed E-state index contributed by atoms with van der Waals surface area (Å²) in [6.45, 7) is 2.34. The number of sulfonamides is 1. The number of benzene rings is 1. The molecule has 0 saturated carbocycles. The van der Waals surface area contributed by atoms with Gasteiger partial charge >= 0.3 is 0 Å². The van der Waals surface area contributed by atoms with E-state index in [2.05, 4.69) is 4.90 Å². The maximum Gasteiger partial charge on any atom is 0.248 e. The summed E-state index contributed by atoms with van der Waals surface area (Å²) >= 11 is 1.43. The van der Waals surface area contributed by atoms with Gasteiger partial charge in [0.1, 0.15) is 9.99 Å². The van der Waals surface area contributed by atoms with Crippen molar-refractivity contribution >= 4 is 27.5 Å². The molecule has 0 aliphatic carbocycles. The van der Waals surface area contributed by atoms with Gasteiger partial charge in [0.2, 0.25) is 10.0 Å². The fourth-order valence-corrected chi connectivity index (χ4v) is 5.61. The van der Waals surface area contributed by atoms with Crippen LogP contribution in [-0.4, -0.2) is 49.8 Å². The summed E-state index contributed by atoms with van der Waals surface area (Å²) in [6, 6.07) is 7.01. The van der Waals surface area contributed by atoms with Gasteiger partial charge in [0.25, 0.3) is 0 Å². The molecule has 0 bridgehead atoms. The summed E-state index contributed by atoms with van der Waals surface area (Å²) in [5.74, 6) is 1.10. The van der Waals surface area contributed by atoms with Crippen molar-refractivity contribution in [3.05, 3.63) is 34.6 Å². The number of hydrogen-bond acceptors (Lipinski definition) is 5. The summed E-state index contributed by atoms with van der Waals surface area (Å²) in [4.78, 5) is 2.14. The predicted octanol–water partition coefficient (Wildman–Crippen LogP) is 1.82. The lowest BCUT2D eigenvalue weighted by Crippen LogP contribution is -2.48. The van der Waals surface area contributed by atoms with Crippen molar-refractivity contribution in [2.24, 2.45) is 0 Å². The molecule has 1 aromatic rings. The van der Waals surface area contributed by atoms with E-state index in [-0.39, 0.29) is 5.75 Å². The monoisotopic (exact) mass is 326 g/mol. The van der Waals surface area contributed by atoms with Crippen molar-refractivity contribution in [2.75, 3.05) is 36.8 Å². The van der Waals surface area contributed by atoms with Crippen LogP contribution in [0.3, 0.4) is 0 Å². The van der Waals surface area contributed by atoms with E-state index in [4.69, 9.17) is 0 Å². The zero-order valence-corrected chi connectivity index (χ0v) is 13.2. The number of aromatic hydroxyl groups is 1. The van der Waals surface area contributed by atoms with E-state index in [1.807, 2.05) is 18.2 Å². The summed E-state index contributed by atoms with van der Waals surface area (Å²) in [6.07, 6.45) is 2.67. The lowest BCUT2D eigenvalue weighted by molar-refractivity contribution is 0.389. The first-order chi connectivity index (χ1) is 10.1. The number of piperazine rings is 1. The molecule has 114 valence electrons. The second-order valence-corrected chi connectivity index (χ2v) is 8.37. The van der Waals surface area contributed by atoms with Crippen molar-refractivity contribution in [3.8, 4) is 5.75 Å². The van der Waals surface area contributed by atoms with Gasteiger partial charge in [0.15, 0.2) is 0 Å². The molecule has 7 heteroatoms. The Bertz CT molecular complexity index is 633. The minimum atomic E-state index is -3.28. The molecule has 21 heavy (non-hydrogen) atoms. The van der Waals surface area contributed by atoms with E-state index in [9.17, 15) is 13.5 Å². The van der Waals surface area contributed by atoms with Crippen molar-refractivity contribution in [3.63, 3.8) is 0 Å². The van der Waals surface area contributed by atoms with Crippen LogP contribution in [0.1, 0.15) is 6.42 Å². The molecule has 0 spiro atoms. The highest BCUT2D eigenvalue weighted by Gasteiger charge is 2.31. The highest BCUT2D eigenvalue weighted by atomic mass is 32.3. The molecule has 0 radical (unpaired) electrons. The van der Waals surface area contributed by atoms with E-state index in [0.717, 1.165) is 17.9 Å². The first kappa shape index (κ1) is 14.7. The Kier molecular flexibility index (Phi) is 4.14. The molecule has 1 N–H and O–H groups in total. The Hall–Kier alpha value is -1.18.